The monoisotopic (exact) mass is 610 g/mol. The molecule has 3 aromatic rings. The van der Waals surface area contributed by atoms with Gasteiger partial charge in [0.15, 0.2) is 0 Å². The van der Waals surface area contributed by atoms with Gasteiger partial charge in [0, 0.05) is 16.7 Å². The highest BCUT2D eigenvalue weighted by Gasteiger charge is 2.27. The van der Waals surface area contributed by atoms with Crippen LogP contribution in [0.5, 0.6) is 0 Å². The predicted octanol–water partition coefficient (Wildman–Crippen LogP) is 4.97. The molecule has 0 saturated heterocycles. The van der Waals surface area contributed by atoms with Gasteiger partial charge in [0.1, 0.15) is 22.9 Å². The van der Waals surface area contributed by atoms with Gasteiger partial charge in [-0.05, 0) is 42.9 Å². The van der Waals surface area contributed by atoms with Crippen LogP contribution in [0.15, 0.2) is 66.1 Å². The second-order valence-electron chi connectivity index (χ2n) is 8.23. The quantitative estimate of drug-likeness (QED) is 0.210. The first-order chi connectivity index (χ1) is 18.6. The lowest BCUT2D eigenvalue weighted by atomic mass is 10.0. The molecule has 0 saturated carbocycles. The number of carbonyl (C=O) groups excluding carboxylic acids is 2. The number of aromatic nitrogens is 1. The second-order valence-corrected chi connectivity index (χ2v) is 11.2. The Labute approximate surface area is 240 Å². The molecular weight excluding hydrogens is 584 g/mol. The molecule has 0 aliphatic heterocycles. The Morgan fingerprint density at radius 1 is 1.10 bits per heavy atom. The summed E-state index contributed by atoms with van der Waals surface area (Å²) in [5.41, 5.74) is 2.39. The highest BCUT2D eigenvalue weighted by Crippen LogP contribution is 2.30. The van der Waals surface area contributed by atoms with E-state index in [2.05, 4.69) is 14.9 Å². The maximum Gasteiger partial charge on any atom is 0.426 e. The Hall–Kier alpha value is -3.10. The number of thioether (sulfide) groups is 1. The lowest BCUT2D eigenvalue weighted by Gasteiger charge is -2.22. The number of hydrogen-bond donors (Lipinski definition) is 4. The van der Waals surface area contributed by atoms with Crippen molar-refractivity contribution in [1.29, 1.82) is 0 Å². The largest absolute Gasteiger partial charge is 0.426 e. The fraction of sp³-hybridized carbons (Fsp3) is 0.240. The van der Waals surface area contributed by atoms with Gasteiger partial charge in [-0.25, -0.2) is 9.78 Å². The van der Waals surface area contributed by atoms with Crippen LogP contribution in [-0.2, 0) is 32.2 Å². The molecule has 0 fully saturated rings. The number of amides is 2. The molecule has 208 valence electrons. The number of thiazole rings is 1. The molecule has 1 aromatic heterocycles. The second kappa shape index (κ2) is 14.3. The van der Waals surface area contributed by atoms with Crippen molar-refractivity contribution in [2.24, 2.45) is 0 Å². The lowest BCUT2D eigenvalue weighted by molar-refractivity contribution is -0.123. The van der Waals surface area contributed by atoms with E-state index in [1.54, 1.807) is 23.9 Å². The molecular formula is C25H27ClN4O6S3. The number of carbonyl (C=O) groups is 2. The molecule has 2 amide bonds. The average molecular weight is 611 g/mol. The summed E-state index contributed by atoms with van der Waals surface area (Å²) in [6.45, 7) is 1.92. The van der Waals surface area contributed by atoms with Gasteiger partial charge in [0.25, 0.3) is 0 Å². The van der Waals surface area contributed by atoms with Crippen molar-refractivity contribution in [3.63, 3.8) is 0 Å². The van der Waals surface area contributed by atoms with E-state index in [9.17, 15) is 18.0 Å². The van der Waals surface area contributed by atoms with Crippen molar-refractivity contribution in [2.75, 3.05) is 11.0 Å². The number of nitrogens with zero attached hydrogens (tertiary/aromatic N) is 1. The summed E-state index contributed by atoms with van der Waals surface area (Å²) in [5, 5.41) is 8.13. The average Bonchev–Trinajstić information content (AvgIpc) is 3.39. The van der Waals surface area contributed by atoms with Crippen LogP contribution in [-0.4, -0.2) is 42.3 Å². The van der Waals surface area contributed by atoms with Crippen molar-refractivity contribution in [1.82, 2.24) is 15.6 Å². The first-order valence-corrected chi connectivity index (χ1v) is 15.4. The van der Waals surface area contributed by atoms with Crippen LogP contribution >= 0.6 is 35.0 Å². The van der Waals surface area contributed by atoms with Crippen LogP contribution < -0.4 is 15.4 Å². The van der Waals surface area contributed by atoms with Crippen LogP contribution in [0.25, 0.3) is 4.91 Å². The van der Waals surface area contributed by atoms with E-state index in [1.807, 2.05) is 59.7 Å². The number of halogens is 1. The van der Waals surface area contributed by atoms with Crippen molar-refractivity contribution in [2.45, 2.75) is 31.8 Å². The van der Waals surface area contributed by atoms with Gasteiger partial charge < -0.3 is 14.9 Å². The zero-order chi connectivity index (χ0) is 28.4. The molecule has 0 aliphatic rings. The van der Waals surface area contributed by atoms with Gasteiger partial charge in [0.05, 0.1) is 17.4 Å². The van der Waals surface area contributed by atoms with Gasteiger partial charge in [-0.1, -0.05) is 48.5 Å². The molecule has 10 nitrogen and oxygen atoms in total. The van der Waals surface area contributed by atoms with E-state index in [-0.39, 0.29) is 12.1 Å². The number of allylic oxidation sites excluding steroid dienone is 1. The van der Waals surface area contributed by atoms with Crippen molar-refractivity contribution in [3.8, 4) is 0 Å². The summed E-state index contributed by atoms with van der Waals surface area (Å²) in [7, 11) is -4.41. The standard InChI is InChI=1S/C25H27ClN4O6S3/c1-3-22(37-2)24-28-21(15-38-24)19(13-17-9-11-18(12-10-17)30-39(33,34)35)27-23(31)20(29-25(32)36-26)14-16-7-5-4-6-8-16/h3-12,15,19-20,30H,13-14H2,1-2H3,(H,27,31)(H,29,32)(H,33,34,35). The lowest BCUT2D eigenvalue weighted by Crippen LogP contribution is -2.49. The smallest absolute Gasteiger partial charge is 0.346 e. The predicted molar refractivity (Wildman–Crippen MR) is 155 cm³/mol. The molecule has 2 unspecified atom stereocenters. The van der Waals surface area contributed by atoms with Gasteiger partial charge >= 0.3 is 16.4 Å². The molecule has 1 heterocycles. The third kappa shape index (κ3) is 9.55. The Bertz CT molecular complexity index is 1400. The first-order valence-electron chi connectivity index (χ1n) is 11.6. The molecule has 14 heteroatoms. The van der Waals surface area contributed by atoms with Gasteiger partial charge in [-0.3, -0.25) is 14.1 Å². The van der Waals surface area contributed by atoms with Gasteiger partial charge in [-0.2, -0.15) is 8.42 Å². The molecule has 4 N–H and O–H groups in total. The summed E-state index contributed by atoms with van der Waals surface area (Å²) >= 11 is 8.21. The highest BCUT2D eigenvalue weighted by atomic mass is 35.5. The van der Waals surface area contributed by atoms with Gasteiger partial charge in [0.2, 0.25) is 5.91 Å². The van der Waals surface area contributed by atoms with E-state index in [1.165, 1.54) is 23.5 Å². The SMILES string of the molecule is CC=C(SC)c1nc(C(Cc2ccc(NS(=O)(=O)O)cc2)NC(=O)C(Cc2ccccc2)NC(=O)OCl)cs1. The van der Waals surface area contributed by atoms with E-state index in [0.29, 0.717) is 12.1 Å². The third-order valence-electron chi connectivity index (χ3n) is 5.49. The minimum atomic E-state index is -4.41. The number of anilines is 1. The summed E-state index contributed by atoms with van der Waals surface area (Å²) in [6.07, 6.45) is 3.45. The Morgan fingerprint density at radius 2 is 1.77 bits per heavy atom. The Kier molecular flexibility index (Phi) is 11.2. The highest BCUT2D eigenvalue weighted by molar-refractivity contribution is 8.07. The van der Waals surface area contributed by atoms with Crippen LogP contribution in [0.2, 0.25) is 0 Å². The zero-order valence-corrected chi connectivity index (χ0v) is 24.2. The van der Waals surface area contributed by atoms with E-state index < -0.39 is 34.4 Å². The molecule has 0 bridgehead atoms. The van der Waals surface area contributed by atoms with Crippen LogP contribution in [0.1, 0.15) is 34.8 Å². The van der Waals surface area contributed by atoms with Gasteiger partial charge in [-0.15, -0.1) is 23.1 Å². The van der Waals surface area contributed by atoms with Crippen molar-refractivity contribution >= 4 is 67.9 Å². The maximum atomic E-state index is 13.5. The van der Waals surface area contributed by atoms with Crippen LogP contribution in [0.4, 0.5) is 10.5 Å². The third-order valence-corrected chi connectivity index (χ3v) is 8.02. The number of benzene rings is 2. The van der Waals surface area contributed by atoms with Crippen molar-refractivity contribution in [3.05, 3.63) is 87.9 Å². The number of hydrogen-bond acceptors (Lipinski definition) is 8. The minimum Gasteiger partial charge on any atom is -0.346 e. The van der Waals surface area contributed by atoms with Crippen LogP contribution in [0, 0.1) is 0 Å². The van der Waals surface area contributed by atoms with E-state index in [4.69, 9.17) is 21.4 Å². The maximum absolute atomic E-state index is 13.5. The summed E-state index contributed by atoms with van der Waals surface area (Å²) in [4.78, 5) is 31.1. The summed E-state index contributed by atoms with van der Waals surface area (Å²) in [6, 6.07) is 13.9. The molecule has 0 aliphatic carbocycles. The first kappa shape index (κ1) is 30.4. The summed E-state index contributed by atoms with van der Waals surface area (Å²) < 4.78 is 37.4. The van der Waals surface area contributed by atoms with Crippen molar-refractivity contribution < 1.29 is 26.8 Å². The minimum absolute atomic E-state index is 0.183. The number of nitrogens with one attached hydrogen (secondary N) is 3. The molecule has 3 rings (SSSR count). The molecule has 2 aromatic carbocycles. The Balaban J connectivity index is 1.89. The number of rotatable bonds is 12. The topological polar surface area (TPSA) is 147 Å². The fourth-order valence-electron chi connectivity index (χ4n) is 3.71. The van der Waals surface area contributed by atoms with E-state index >= 15 is 0 Å². The fourth-order valence-corrected chi connectivity index (χ4v) is 5.88. The molecule has 2 atom stereocenters. The zero-order valence-electron chi connectivity index (χ0n) is 21.0. The van der Waals surface area contributed by atoms with E-state index in [0.717, 1.165) is 21.0 Å². The molecule has 0 radical (unpaired) electrons. The Morgan fingerprint density at radius 3 is 2.36 bits per heavy atom. The normalized spacial score (nSPS) is 13.3. The molecule has 0 spiro atoms. The summed E-state index contributed by atoms with van der Waals surface area (Å²) in [5.74, 6) is -0.471. The van der Waals surface area contributed by atoms with Crippen LogP contribution in [0.3, 0.4) is 0 Å². The molecule has 39 heavy (non-hydrogen) atoms.